The van der Waals surface area contributed by atoms with E-state index >= 15 is 0 Å². The van der Waals surface area contributed by atoms with Gasteiger partial charge in [-0.05, 0) is 30.5 Å². The SMILES string of the molecule is CCOc1cccc(-c2[nH]nc3c2[C@@H](c2cccs2)C(C#N)=C(N)O3)c1. The van der Waals surface area contributed by atoms with Crippen molar-refractivity contribution in [3.8, 4) is 29.0 Å². The number of hydrogen-bond acceptors (Lipinski definition) is 6. The van der Waals surface area contributed by atoms with E-state index in [1.807, 2.05) is 48.7 Å². The first kappa shape index (κ1) is 16.2. The molecule has 0 saturated carbocycles. The van der Waals surface area contributed by atoms with Gasteiger partial charge in [0, 0.05) is 10.4 Å². The Morgan fingerprint density at radius 3 is 3.00 bits per heavy atom. The number of benzene rings is 1. The molecule has 2 aromatic heterocycles. The first-order chi connectivity index (χ1) is 12.7. The van der Waals surface area contributed by atoms with Crippen LogP contribution < -0.4 is 15.2 Å². The number of nitriles is 1. The van der Waals surface area contributed by atoms with Crippen LogP contribution in [0.3, 0.4) is 0 Å². The van der Waals surface area contributed by atoms with E-state index in [1.54, 1.807) is 11.3 Å². The van der Waals surface area contributed by atoms with Crippen molar-refractivity contribution in [1.82, 2.24) is 10.2 Å². The Kier molecular flexibility index (Phi) is 4.11. The lowest BCUT2D eigenvalue weighted by Crippen LogP contribution is -2.20. The number of allylic oxidation sites excluding steroid dienone is 1. The molecule has 0 radical (unpaired) electrons. The van der Waals surface area contributed by atoms with Crippen LogP contribution in [0.25, 0.3) is 11.3 Å². The Balaban J connectivity index is 1.89. The molecule has 130 valence electrons. The standard InChI is InChI=1S/C19H16N4O2S/c1-2-24-12-6-3-5-11(9-12)17-16-15(14-7-4-8-26-14)13(10-20)18(21)25-19(16)23-22-17/h3-9,15H,2,21H2,1H3,(H,22,23)/t15-/m1/s1. The molecule has 0 saturated heterocycles. The van der Waals surface area contributed by atoms with Crippen molar-refractivity contribution in [3.63, 3.8) is 0 Å². The molecule has 0 unspecified atom stereocenters. The third-order valence-electron chi connectivity index (χ3n) is 4.20. The molecule has 1 aliphatic heterocycles. The molecule has 7 heteroatoms. The summed E-state index contributed by atoms with van der Waals surface area (Å²) in [5, 5.41) is 19.0. The van der Waals surface area contributed by atoms with E-state index < -0.39 is 0 Å². The average molecular weight is 364 g/mol. The number of nitrogens with two attached hydrogens (primary N) is 1. The van der Waals surface area contributed by atoms with Crippen LogP contribution >= 0.6 is 11.3 Å². The van der Waals surface area contributed by atoms with Gasteiger partial charge in [0.05, 0.1) is 23.8 Å². The van der Waals surface area contributed by atoms with Gasteiger partial charge >= 0.3 is 0 Å². The molecule has 3 N–H and O–H groups in total. The summed E-state index contributed by atoms with van der Waals surface area (Å²) >= 11 is 1.57. The van der Waals surface area contributed by atoms with Gasteiger partial charge in [-0.2, -0.15) is 5.26 Å². The lowest BCUT2D eigenvalue weighted by molar-refractivity contribution is 0.340. The Labute approximate surface area is 154 Å². The van der Waals surface area contributed by atoms with Crippen molar-refractivity contribution in [2.24, 2.45) is 5.73 Å². The monoisotopic (exact) mass is 364 g/mol. The molecule has 4 rings (SSSR count). The Morgan fingerprint density at radius 1 is 1.38 bits per heavy atom. The molecule has 1 aromatic carbocycles. The highest BCUT2D eigenvalue weighted by Gasteiger charge is 2.36. The zero-order valence-corrected chi connectivity index (χ0v) is 14.8. The van der Waals surface area contributed by atoms with E-state index in [0.29, 0.717) is 18.1 Å². The molecule has 3 aromatic rings. The molecular weight excluding hydrogens is 348 g/mol. The Hall–Kier alpha value is -3.24. The number of nitrogens with zero attached hydrogens (tertiary/aromatic N) is 2. The fraction of sp³-hybridized carbons (Fsp3) is 0.158. The predicted octanol–water partition coefficient (Wildman–Crippen LogP) is 3.76. The summed E-state index contributed by atoms with van der Waals surface area (Å²) in [6, 6.07) is 13.9. The summed E-state index contributed by atoms with van der Waals surface area (Å²) in [4.78, 5) is 1.01. The maximum absolute atomic E-state index is 9.66. The molecular formula is C19H16N4O2S. The average Bonchev–Trinajstić information content (AvgIpc) is 3.31. The number of ether oxygens (including phenoxy) is 2. The molecule has 0 amide bonds. The van der Waals surface area contributed by atoms with Crippen LogP contribution in [0.15, 0.2) is 53.2 Å². The third kappa shape index (κ3) is 2.61. The molecule has 6 nitrogen and oxygen atoms in total. The van der Waals surface area contributed by atoms with Gasteiger partial charge in [-0.1, -0.05) is 18.2 Å². The Bertz CT molecular complexity index is 1010. The van der Waals surface area contributed by atoms with E-state index in [4.69, 9.17) is 15.2 Å². The highest BCUT2D eigenvalue weighted by molar-refractivity contribution is 7.10. The van der Waals surface area contributed by atoms with Gasteiger partial charge in [-0.15, -0.1) is 16.4 Å². The van der Waals surface area contributed by atoms with Gasteiger partial charge in [0.25, 0.3) is 0 Å². The first-order valence-electron chi connectivity index (χ1n) is 8.15. The second-order valence-corrected chi connectivity index (χ2v) is 6.70. The normalized spacial score (nSPS) is 15.9. The van der Waals surface area contributed by atoms with Crippen LogP contribution in [0.4, 0.5) is 0 Å². The second-order valence-electron chi connectivity index (χ2n) is 5.72. The highest BCUT2D eigenvalue weighted by atomic mass is 32.1. The number of rotatable bonds is 4. The van der Waals surface area contributed by atoms with Gasteiger partial charge < -0.3 is 15.2 Å². The topological polar surface area (TPSA) is 97.0 Å². The van der Waals surface area contributed by atoms with Crippen LogP contribution in [0.2, 0.25) is 0 Å². The van der Waals surface area contributed by atoms with Crippen LogP contribution in [0.5, 0.6) is 11.6 Å². The maximum atomic E-state index is 9.66. The zero-order chi connectivity index (χ0) is 18.1. The van der Waals surface area contributed by atoms with Gasteiger partial charge in [-0.25, -0.2) is 0 Å². The number of fused-ring (bicyclic) bond motifs is 1. The van der Waals surface area contributed by atoms with Gasteiger partial charge in [-0.3, -0.25) is 5.10 Å². The summed E-state index contributed by atoms with van der Waals surface area (Å²) < 4.78 is 11.2. The third-order valence-corrected chi connectivity index (χ3v) is 5.14. The van der Waals surface area contributed by atoms with Gasteiger partial charge in [0.2, 0.25) is 11.8 Å². The first-order valence-corrected chi connectivity index (χ1v) is 9.03. The highest BCUT2D eigenvalue weighted by Crippen LogP contribution is 2.46. The van der Waals surface area contributed by atoms with Gasteiger partial charge in [0.15, 0.2) is 0 Å². The Morgan fingerprint density at radius 2 is 2.27 bits per heavy atom. The number of H-pyrrole nitrogens is 1. The number of thiophene rings is 1. The molecule has 0 aliphatic carbocycles. The smallest absolute Gasteiger partial charge is 0.244 e. The summed E-state index contributed by atoms with van der Waals surface area (Å²) in [5.41, 5.74) is 8.88. The van der Waals surface area contributed by atoms with Crippen molar-refractivity contribution >= 4 is 11.3 Å². The minimum absolute atomic E-state index is 0.0968. The van der Waals surface area contributed by atoms with E-state index in [-0.39, 0.29) is 11.8 Å². The zero-order valence-electron chi connectivity index (χ0n) is 14.0. The van der Waals surface area contributed by atoms with E-state index in [9.17, 15) is 5.26 Å². The lowest BCUT2D eigenvalue weighted by Gasteiger charge is -2.22. The quantitative estimate of drug-likeness (QED) is 0.735. The van der Waals surface area contributed by atoms with E-state index in [0.717, 1.165) is 27.4 Å². The minimum Gasteiger partial charge on any atom is -0.494 e. The largest absolute Gasteiger partial charge is 0.494 e. The number of aromatic nitrogens is 2. The molecule has 3 heterocycles. The summed E-state index contributed by atoms with van der Waals surface area (Å²) in [6.45, 7) is 2.53. The second kappa shape index (κ2) is 6.58. The van der Waals surface area contributed by atoms with Crippen LogP contribution in [0, 0.1) is 11.3 Å². The van der Waals surface area contributed by atoms with Crippen LogP contribution in [-0.4, -0.2) is 16.8 Å². The maximum Gasteiger partial charge on any atom is 0.244 e. The molecule has 26 heavy (non-hydrogen) atoms. The van der Waals surface area contributed by atoms with E-state index in [2.05, 4.69) is 16.3 Å². The summed E-state index contributed by atoms with van der Waals surface area (Å²) in [5.74, 6) is 0.956. The molecule has 0 spiro atoms. The fourth-order valence-corrected chi connectivity index (χ4v) is 3.96. The van der Waals surface area contributed by atoms with Crippen molar-refractivity contribution in [3.05, 3.63) is 63.7 Å². The summed E-state index contributed by atoms with van der Waals surface area (Å²) in [7, 11) is 0. The molecule has 1 atom stereocenters. The molecule has 0 bridgehead atoms. The number of hydrogen-bond donors (Lipinski definition) is 2. The van der Waals surface area contributed by atoms with Gasteiger partial charge in [0.1, 0.15) is 17.4 Å². The van der Waals surface area contributed by atoms with Crippen molar-refractivity contribution in [2.45, 2.75) is 12.8 Å². The predicted molar refractivity (Wildman–Crippen MR) is 98.8 cm³/mol. The molecule has 1 aliphatic rings. The number of nitrogens with one attached hydrogen (secondary N) is 1. The lowest BCUT2D eigenvalue weighted by atomic mass is 9.87. The van der Waals surface area contributed by atoms with E-state index in [1.165, 1.54) is 0 Å². The van der Waals surface area contributed by atoms with Crippen LogP contribution in [-0.2, 0) is 0 Å². The molecule has 0 fully saturated rings. The summed E-state index contributed by atoms with van der Waals surface area (Å²) in [6.07, 6.45) is 0. The van der Waals surface area contributed by atoms with Crippen molar-refractivity contribution in [2.75, 3.05) is 6.61 Å². The van der Waals surface area contributed by atoms with Crippen LogP contribution in [0.1, 0.15) is 23.3 Å². The minimum atomic E-state index is -0.312. The fourth-order valence-electron chi connectivity index (χ4n) is 3.11. The number of aromatic amines is 1. The van der Waals surface area contributed by atoms with Crippen molar-refractivity contribution < 1.29 is 9.47 Å². The van der Waals surface area contributed by atoms with Crippen molar-refractivity contribution in [1.29, 1.82) is 5.26 Å².